The summed E-state index contributed by atoms with van der Waals surface area (Å²) in [6, 6.07) is 7.57. The van der Waals surface area contributed by atoms with Gasteiger partial charge in [-0.15, -0.1) is 0 Å². The van der Waals surface area contributed by atoms with Crippen LogP contribution in [0.4, 0.5) is 5.69 Å². The summed E-state index contributed by atoms with van der Waals surface area (Å²) in [7, 11) is 0. The van der Waals surface area contributed by atoms with Gasteiger partial charge in [0.2, 0.25) is 0 Å². The molecule has 0 aromatic carbocycles. The minimum atomic E-state index is 0.420. The van der Waals surface area contributed by atoms with Gasteiger partial charge in [-0.05, 0) is 47.1 Å². The second-order valence-corrected chi connectivity index (χ2v) is 5.74. The molecule has 21 heavy (non-hydrogen) atoms. The van der Waals surface area contributed by atoms with E-state index in [9.17, 15) is 0 Å². The van der Waals surface area contributed by atoms with Crippen molar-refractivity contribution in [3.63, 3.8) is 0 Å². The molecule has 3 aromatic heterocycles. The van der Waals surface area contributed by atoms with Crippen molar-refractivity contribution >= 4 is 44.1 Å². The van der Waals surface area contributed by atoms with Crippen molar-refractivity contribution in [2.45, 2.75) is 13.5 Å². The Kier molecular flexibility index (Phi) is 3.98. The number of pyridine rings is 2. The third-order valence-corrected chi connectivity index (χ3v) is 3.57. The topological polar surface area (TPSA) is 63.6 Å². The predicted molar refractivity (Wildman–Crippen MR) is 86.3 cm³/mol. The van der Waals surface area contributed by atoms with Gasteiger partial charge in [-0.25, -0.2) is 9.97 Å². The Morgan fingerprint density at radius 3 is 2.86 bits per heavy atom. The lowest BCUT2D eigenvalue weighted by molar-refractivity contribution is 0.898. The lowest BCUT2D eigenvalue weighted by atomic mass is 10.2. The number of aryl methyl sites for hydroxylation is 1. The number of anilines is 1. The first-order chi connectivity index (χ1) is 10.1. The number of hydrogen-bond donors (Lipinski definition) is 1. The van der Waals surface area contributed by atoms with Gasteiger partial charge < -0.3 is 5.32 Å². The van der Waals surface area contributed by atoms with Gasteiger partial charge in [0, 0.05) is 11.1 Å². The van der Waals surface area contributed by atoms with Gasteiger partial charge in [0.05, 0.1) is 29.6 Å². The molecule has 3 aromatic rings. The van der Waals surface area contributed by atoms with Crippen molar-refractivity contribution in [1.82, 2.24) is 20.2 Å². The molecule has 1 N–H and O–H groups in total. The molecule has 0 radical (unpaired) electrons. The molecule has 106 valence electrons. The molecule has 0 fully saturated rings. The van der Waals surface area contributed by atoms with Crippen LogP contribution >= 0.6 is 27.5 Å². The second-order valence-electron chi connectivity index (χ2n) is 4.54. The molecular formula is C14H11BrClN5. The first kappa shape index (κ1) is 14.2. The molecule has 0 aliphatic heterocycles. The van der Waals surface area contributed by atoms with E-state index in [2.05, 4.69) is 41.4 Å². The van der Waals surface area contributed by atoms with E-state index in [0.717, 1.165) is 32.6 Å². The zero-order valence-electron chi connectivity index (χ0n) is 11.1. The number of halogens is 2. The molecule has 3 heterocycles. The number of hydrogen-bond acceptors (Lipinski definition) is 5. The number of aromatic nitrogens is 4. The smallest absolute Gasteiger partial charge is 0.131 e. The molecule has 3 rings (SSSR count). The fourth-order valence-electron chi connectivity index (χ4n) is 1.92. The summed E-state index contributed by atoms with van der Waals surface area (Å²) in [4.78, 5) is 8.42. The van der Waals surface area contributed by atoms with Crippen molar-refractivity contribution < 1.29 is 0 Å². The number of fused-ring (bicyclic) bond motifs is 1. The lowest BCUT2D eigenvalue weighted by Crippen LogP contribution is -2.04. The molecule has 0 saturated carbocycles. The van der Waals surface area contributed by atoms with E-state index in [-0.39, 0.29) is 0 Å². The molecule has 7 heteroatoms. The predicted octanol–water partition coefficient (Wildman–Crippen LogP) is 3.76. The first-order valence-corrected chi connectivity index (χ1v) is 7.44. The van der Waals surface area contributed by atoms with E-state index in [4.69, 9.17) is 11.6 Å². The highest BCUT2D eigenvalue weighted by Gasteiger charge is 2.07. The quantitative estimate of drug-likeness (QED) is 0.717. The molecule has 0 aliphatic carbocycles. The Hall–Kier alpha value is -1.79. The summed E-state index contributed by atoms with van der Waals surface area (Å²) in [5.74, 6) is 0. The SMILES string of the molecule is Cc1ccc(CNc2cc(Cl)nc3cnc(Br)cc23)nn1. The molecule has 0 spiro atoms. The monoisotopic (exact) mass is 363 g/mol. The van der Waals surface area contributed by atoms with Crippen molar-refractivity contribution in [1.29, 1.82) is 0 Å². The highest BCUT2D eigenvalue weighted by Crippen LogP contribution is 2.27. The molecule has 0 bridgehead atoms. The maximum atomic E-state index is 6.05. The maximum absolute atomic E-state index is 6.05. The largest absolute Gasteiger partial charge is 0.379 e. The van der Waals surface area contributed by atoms with Crippen LogP contribution in [0.5, 0.6) is 0 Å². The van der Waals surface area contributed by atoms with Crippen LogP contribution in [-0.4, -0.2) is 20.2 Å². The van der Waals surface area contributed by atoms with E-state index >= 15 is 0 Å². The summed E-state index contributed by atoms with van der Waals surface area (Å²) in [6.45, 7) is 2.47. The van der Waals surface area contributed by atoms with Crippen molar-refractivity contribution in [2.24, 2.45) is 0 Å². The van der Waals surface area contributed by atoms with Gasteiger partial charge in [-0.3, -0.25) is 0 Å². The van der Waals surface area contributed by atoms with Gasteiger partial charge in [0.1, 0.15) is 9.76 Å². The molecule has 0 amide bonds. The van der Waals surface area contributed by atoms with E-state index in [1.165, 1.54) is 0 Å². The number of nitrogens with one attached hydrogen (secondary N) is 1. The number of rotatable bonds is 3. The van der Waals surface area contributed by atoms with Crippen LogP contribution in [0.1, 0.15) is 11.4 Å². The van der Waals surface area contributed by atoms with E-state index in [1.54, 1.807) is 12.3 Å². The average Bonchev–Trinajstić information content (AvgIpc) is 2.47. The molecule has 0 atom stereocenters. The summed E-state index contributed by atoms with van der Waals surface area (Å²) >= 11 is 9.41. The van der Waals surface area contributed by atoms with Crippen LogP contribution < -0.4 is 5.32 Å². The Morgan fingerprint density at radius 1 is 1.24 bits per heavy atom. The van der Waals surface area contributed by atoms with Crippen LogP contribution in [0.3, 0.4) is 0 Å². The van der Waals surface area contributed by atoms with Crippen LogP contribution in [-0.2, 0) is 6.54 Å². The minimum absolute atomic E-state index is 0.420. The molecule has 0 unspecified atom stereocenters. The average molecular weight is 365 g/mol. The number of nitrogens with zero attached hydrogens (tertiary/aromatic N) is 4. The first-order valence-electron chi connectivity index (χ1n) is 6.27. The van der Waals surface area contributed by atoms with E-state index < -0.39 is 0 Å². The van der Waals surface area contributed by atoms with E-state index in [1.807, 2.05) is 25.1 Å². The van der Waals surface area contributed by atoms with Gasteiger partial charge in [-0.2, -0.15) is 10.2 Å². The minimum Gasteiger partial charge on any atom is -0.379 e. The van der Waals surface area contributed by atoms with Crippen molar-refractivity contribution in [3.8, 4) is 0 Å². The third kappa shape index (κ3) is 3.28. The Bertz CT molecular complexity index is 791. The molecule has 5 nitrogen and oxygen atoms in total. The summed E-state index contributed by atoms with van der Waals surface area (Å²) in [6.07, 6.45) is 1.68. The summed E-state index contributed by atoms with van der Waals surface area (Å²) < 4.78 is 0.748. The summed E-state index contributed by atoms with van der Waals surface area (Å²) in [5, 5.41) is 12.9. The van der Waals surface area contributed by atoms with Crippen LogP contribution in [0.25, 0.3) is 10.9 Å². The standard InChI is InChI=1S/C14H11BrClN5/c1-8-2-3-9(21-20-8)6-17-11-5-14(16)19-12-7-18-13(15)4-10(11)12/h2-5,7H,6H2,1H3,(H,17,19). The van der Waals surface area contributed by atoms with Crippen LogP contribution in [0.15, 0.2) is 35.1 Å². The zero-order valence-corrected chi connectivity index (χ0v) is 13.5. The lowest BCUT2D eigenvalue weighted by Gasteiger charge is -2.10. The van der Waals surface area contributed by atoms with Gasteiger partial charge in [0.15, 0.2) is 0 Å². The van der Waals surface area contributed by atoms with E-state index in [0.29, 0.717) is 11.7 Å². The molecular weight excluding hydrogens is 354 g/mol. The Morgan fingerprint density at radius 2 is 2.10 bits per heavy atom. The Balaban J connectivity index is 1.92. The highest BCUT2D eigenvalue weighted by atomic mass is 79.9. The van der Waals surface area contributed by atoms with Crippen LogP contribution in [0, 0.1) is 6.92 Å². The maximum Gasteiger partial charge on any atom is 0.131 e. The Labute approximate surface area is 134 Å². The molecule has 0 aliphatic rings. The zero-order chi connectivity index (χ0) is 14.8. The van der Waals surface area contributed by atoms with Gasteiger partial charge in [-0.1, -0.05) is 11.6 Å². The van der Waals surface area contributed by atoms with Crippen molar-refractivity contribution in [3.05, 3.63) is 51.6 Å². The highest BCUT2D eigenvalue weighted by molar-refractivity contribution is 9.10. The van der Waals surface area contributed by atoms with Gasteiger partial charge >= 0.3 is 0 Å². The normalized spacial score (nSPS) is 10.8. The third-order valence-electron chi connectivity index (χ3n) is 2.94. The van der Waals surface area contributed by atoms with Crippen molar-refractivity contribution in [2.75, 3.05) is 5.32 Å². The van der Waals surface area contributed by atoms with Gasteiger partial charge in [0.25, 0.3) is 0 Å². The fourth-order valence-corrected chi connectivity index (χ4v) is 2.46. The van der Waals surface area contributed by atoms with Crippen LogP contribution in [0.2, 0.25) is 5.15 Å². The fraction of sp³-hybridized carbons (Fsp3) is 0.143. The summed E-state index contributed by atoms with van der Waals surface area (Å²) in [5.41, 5.74) is 3.37. The second kappa shape index (κ2) is 5.91. The molecule has 0 saturated heterocycles.